The Morgan fingerprint density at radius 1 is 1.50 bits per heavy atom. The van der Waals surface area contributed by atoms with Crippen LogP contribution in [0.15, 0.2) is 24.4 Å². The maximum atomic E-state index is 11.5. The van der Waals surface area contributed by atoms with Crippen molar-refractivity contribution in [1.82, 2.24) is 15.6 Å². The van der Waals surface area contributed by atoms with Crippen LogP contribution in [0.3, 0.4) is 0 Å². The minimum Gasteiger partial charge on any atom is -0.348 e. The lowest BCUT2D eigenvalue weighted by atomic mass is 10.2. The molecule has 0 radical (unpaired) electrons. The van der Waals surface area contributed by atoms with Crippen molar-refractivity contribution in [2.24, 2.45) is 0 Å². The Morgan fingerprint density at radius 3 is 2.94 bits per heavy atom. The van der Waals surface area contributed by atoms with Gasteiger partial charge in [-0.05, 0) is 39.1 Å². The van der Waals surface area contributed by atoms with Gasteiger partial charge in [0.25, 0.3) is 0 Å². The van der Waals surface area contributed by atoms with Crippen LogP contribution in [0.4, 0.5) is 0 Å². The van der Waals surface area contributed by atoms with Crippen molar-refractivity contribution in [2.45, 2.75) is 25.8 Å². The first kappa shape index (κ1) is 12.6. The van der Waals surface area contributed by atoms with Gasteiger partial charge in [-0.3, -0.25) is 9.78 Å². The molecular weight excluding hydrogens is 202 g/mol. The van der Waals surface area contributed by atoms with E-state index in [1.54, 1.807) is 6.20 Å². The molecule has 1 aromatic rings. The maximum Gasteiger partial charge on any atom is 0.220 e. The number of hydrogen-bond donors (Lipinski definition) is 2. The van der Waals surface area contributed by atoms with Crippen molar-refractivity contribution in [2.75, 3.05) is 13.6 Å². The summed E-state index contributed by atoms with van der Waals surface area (Å²) in [4.78, 5) is 15.7. The van der Waals surface area contributed by atoms with Crippen LogP contribution >= 0.6 is 0 Å². The molecule has 2 N–H and O–H groups in total. The number of hydrogen-bond acceptors (Lipinski definition) is 3. The summed E-state index contributed by atoms with van der Waals surface area (Å²) in [6.07, 6.45) is 3.15. The van der Waals surface area contributed by atoms with Gasteiger partial charge in [0, 0.05) is 12.6 Å². The van der Waals surface area contributed by atoms with Gasteiger partial charge in [-0.25, -0.2) is 0 Å². The molecule has 0 fully saturated rings. The molecule has 4 heteroatoms. The molecule has 1 atom stereocenters. The average molecular weight is 221 g/mol. The van der Waals surface area contributed by atoms with E-state index in [1.165, 1.54) is 0 Å². The fourth-order valence-corrected chi connectivity index (χ4v) is 1.45. The third-order valence-electron chi connectivity index (χ3n) is 2.34. The van der Waals surface area contributed by atoms with E-state index in [0.717, 1.165) is 18.7 Å². The fourth-order valence-electron chi connectivity index (χ4n) is 1.45. The second-order valence-corrected chi connectivity index (χ2v) is 3.75. The van der Waals surface area contributed by atoms with Gasteiger partial charge < -0.3 is 10.6 Å². The number of amides is 1. The Balaban J connectivity index is 2.34. The highest BCUT2D eigenvalue weighted by Crippen LogP contribution is 2.07. The second kappa shape index (κ2) is 6.95. The zero-order valence-electron chi connectivity index (χ0n) is 9.86. The first-order valence-corrected chi connectivity index (χ1v) is 5.59. The smallest absolute Gasteiger partial charge is 0.220 e. The molecule has 1 rings (SSSR count). The first-order chi connectivity index (χ1) is 7.74. The van der Waals surface area contributed by atoms with Crippen LogP contribution < -0.4 is 10.6 Å². The topological polar surface area (TPSA) is 54.0 Å². The Bertz CT molecular complexity index is 313. The Morgan fingerprint density at radius 2 is 2.31 bits per heavy atom. The lowest BCUT2D eigenvalue weighted by molar-refractivity contribution is -0.121. The predicted octanol–water partition coefficient (Wildman–Crippen LogP) is 1.26. The van der Waals surface area contributed by atoms with Crippen LogP contribution in [0.2, 0.25) is 0 Å². The van der Waals surface area contributed by atoms with Crippen molar-refractivity contribution < 1.29 is 4.79 Å². The van der Waals surface area contributed by atoms with Crippen LogP contribution in [-0.4, -0.2) is 24.5 Å². The number of carbonyl (C=O) groups is 1. The van der Waals surface area contributed by atoms with Crippen molar-refractivity contribution in [1.29, 1.82) is 0 Å². The monoisotopic (exact) mass is 221 g/mol. The summed E-state index contributed by atoms with van der Waals surface area (Å²) in [6, 6.07) is 5.68. The van der Waals surface area contributed by atoms with Crippen molar-refractivity contribution in [3.05, 3.63) is 30.1 Å². The quantitative estimate of drug-likeness (QED) is 0.711. The van der Waals surface area contributed by atoms with Crippen LogP contribution in [-0.2, 0) is 4.79 Å². The molecule has 16 heavy (non-hydrogen) atoms. The summed E-state index contributed by atoms with van der Waals surface area (Å²) in [5, 5.41) is 5.94. The Hall–Kier alpha value is -1.42. The summed E-state index contributed by atoms with van der Waals surface area (Å²) in [6.45, 7) is 2.81. The molecule has 1 amide bonds. The zero-order chi connectivity index (χ0) is 11.8. The summed E-state index contributed by atoms with van der Waals surface area (Å²) in [7, 11) is 1.88. The summed E-state index contributed by atoms with van der Waals surface area (Å²) in [5.74, 6) is 0.0772. The molecule has 0 aromatic carbocycles. The maximum absolute atomic E-state index is 11.5. The van der Waals surface area contributed by atoms with E-state index in [2.05, 4.69) is 15.6 Å². The summed E-state index contributed by atoms with van der Waals surface area (Å²) >= 11 is 0. The standard InChI is InChI=1S/C12H19N3O/c1-10(11-6-3-4-9-14-11)15-12(16)7-5-8-13-2/h3-4,6,9-10,13H,5,7-8H2,1-2H3,(H,15,16)/t10-/m1/s1. The van der Waals surface area contributed by atoms with E-state index in [0.29, 0.717) is 6.42 Å². The minimum absolute atomic E-state index is 0.0247. The SMILES string of the molecule is CNCCCC(=O)N[C@H](C)c1ccccn1. The van der Waals surface area contributed by atoms with Gasteiger partial charge in [-0.1, -0.05) is 6.07 Å². The van der Waals surface area contributed by atoms with E-state index in [4.69, 9.17) is 0 Å². The van der Waals surface area contributed by atoms with Gasteiger partial charge in [0.2, 0.25) is 5.91 Å². The lowest BCUT2D eigenvalue weighted by Gasteiger charge is -2.13. The summed E-state index contributed by atoms with van der Waals surface area (Å²) < 4.78 is 0. The minimum atomic E-state index is -0.0247. The highest BCUT2D eigenvalue weighted by molar-refractivity contribution is 5.76. The average Bonchev–Trinajstić information content (AvgIpc) is 2.30. The van der Waals surface area contributed by atoms with Gasteiger partial charge in [0.05, 0.1) is 11.7 Å². The van der Waals surface area contributed by atoms with Crippen molar-refractivity contribution in [3.8, 4) is 0 Å². The third kappa shape index (κ3) is 4.40. The zero-order valence-corrected chi connectivity index (χ0v) is 9.86. The normalized spacial score (nSPS) is 12.1. The van der Waals surface area contributed by atoms with Crippen LogP contribution in [0.1, 0.15) is 31.5 Å². The molecule has 0 spiro atoms. The Labute approximate surface area is 96.5 Å². The van der Waals surface area contributed by atoms with E-state index < -0.39 is 0 Å². The molecule has 1 aromatic heterocycles. The van der Waals surface area contributed by atoms with Crippen LogP contribution in [0.5, 0.6) is 0 Å². The molecule has 0 unspecified atom stereocenters. The number of carbonyl (C=O) groups excluding carboxylic acids is 1. The van der Waals surface area contributed by atoms with Gasteiger partial charge in [-0.2, -0.15) is 0 Å². The van der Waals surface area contributed by atoms with Crippen LogP contribution in [0, 0.1) is 0 Å². The van der Waals surface area contributed by atoms with Crippen molar-refractivity contribution >= 4 is 5.91 Å². The van der Waals surface area contributed by atoms with E-state index in [1.807, 2.05) is 32.2 Å². The van der Waals surface area contributed by atoms with E-state index in [-0.39, 0.29) is 11.9 Å². The van der Waals surface area contributed by atoms with Crippen molar-refractivity contribution in [3.63, 3.8) is 0 Å². The number of nitrogens with zero attached hydrogens (tertiary/aromatic N) is 1. The lowest BCUT2D eigenvalue weighted by Crippen LogP contribution is -2.27. The molecule has 0 aliphatic rings. The highest BCUT2D eigenvalue weighted by Gasteiger charge is 2.09. The number of aromatic nitrogens is 1. The molecule has 88 valence electrons. The molecule has 0 saturated heterocycles. The predicted molar refractivity (Wildman–Crippen MR) is 64.0 cm³/mol. The molecule has 0 saturated carbocycles. The van der Waals surface area contributed by atoms with E-state index in [9.17, 15) is 4.79 Å². The summed E-state index contributed by atoms with van der Waals surface area (Å²) in [5.41, 5.74) is 0.893. The second-order valence-electron chi connectivity index (χ2n) is 3.75. The molecule has 4 nitrogen and oxygen atoms in total. The molecule has 0 aliphatic carbocycles. The van der Waals surface area contributed by atoms with Gasteiger partial charge in [0.1, 0.15) is 0 Å². The molecule has 0 aliphatic heterocycles. The largest absolute Gasteiger partial charge is 0.348 e. The van der Waals surface area contributed by atoms with Crippen LogP contribution in [0.25, 0.3) is 0 Å². The number of nitrogens with one attached hydrogen (secondary N) is 2. The fraction of sp³-hybridized carbons (Fsp3) is 0.500. The highest BCUT2D eigenvalue weighted by atomic mass is 16.1. The van der Waals surface area contributed by atoms with E-state index >= 15 is 0 Å². The van der Waals surface area contributed by atoms with Gasteiger partial charge in [0.15, 0.2) is 0 Å². The first-order valence-electron chi connectivity index (χ1n) is 5.59. The number of pyridine rings is 1. The van der Waals surface area contributed by atoms with Gasteiger partial charge >= 0.3 is 0 Å². The third-order valence-corrected chi connectivity index (χ3v) is 2.34. The van der Waals surface area contributed by atoms with Gasteiger partial charge in [-0.15, -0.1) is 0 Å². The Kier molecular flexibility index (Phi) is 5.50. The molecular formula is C12H19N3O. The molecule has 1 heterocycles. The molecule has 0 bridgehead atoms. The number of rotatable bonds is 6.